The average molecular weight is 369 g/mol. The summed E-state index contributed by atoms with van der Waals surface area (Å²) in [5.74, 6) is -4.03. The summed E-state index contributed by atoms with van der Waals surface area (Å²) in [6, 6.07) is 3.58. The molecule has 0 radical (unpaired) electrons. The molecule has 1 aromatic carbocycles. The van der Waals surface area contributed by atoms with Gasteiger partial charge in [0.05, 0.1) is 17.7 Å². The van der Waals surface area contributed by atoms with Crippen LogP contribution < -0.4 is 11.3 Å². The van der Waals surface area contributed by atoms with Crippen LogP contribution in [0.4, 0.5) is 4.39 Å². The molecule has 0 fully saturated rings. The van der Waals surface area contributed by atoms with Gasteiger partial charge in [-0.1, -0.05) is 17.7 Å². The molecular formula is C16H14ClFN2O5. The number of methoxy groups -OCH3 is 1. The second-order valence-electron chi connectivity index (χ2n) is 5.18. The van der Waals surface area contributed by atoms with Crippen molar-refractivity contribution in [3.8, 4) is 5.75 Å². The van der Waals surface area contributed by atoms with Gasteiger partial charge in [-0.25, -0.2) is 9.18 Å². The van der Waals surface area contributed by atoms with Crippen LogP contribution in [0.3, 0.4) is 0 Å². The maximum atomic E-state index is 13.4. The third-order valence-corrected chi connectivity index (χ3v) is 3.90. The Morgan fingerprint density at radius 2 is 2.12 bits per heavy atom. The normalized spacial score (nSPS) is 11.8. The number of H-pyrrole nitrogens is 1. The van der Waals surface area contributed by atoms with E-state index < -0.39 is 34.9 Å². The number of halogens is 2. The summed E-state index contributed by atoms with van der Waals surface area (Å²) >= 11 is 5.75. The van der Waals surface area contributed by atoms with Crippen molar-refractivity contribution in [2.45, 2.75) is 12.3 Å². The van der Waals surface area contributed by atoms with E-state index in [4.69, 9.17) is 17.3 Å². The number of hydrogen-bond donors (Lipinski definition) is 3. The number of benzene rings is 1. The Labute approximate surface area is 146 Å². The van der Waals surface area contributed by atoms with Crippen LogP contribution >= 0.6 is 11.6 Å². The maximum absolute atomic E-state index is 13.4. The Kier molecular flexibility index (Phi) is 5.43. The van der Waals surface area contributed by atoms with Gasteiger partial charge < -0.3 is 20.6 Å². The third-order valence-electron chi connectivity index (χ3n) is 3.61. The number of amides is 1. The molecule has 132 valence electrons. The van der Waals surface area contributed by atoms with Crippen molar-refractivity contribution < 1.29 is 23.8 Å². The number of aromatic hydroxyl groups is 1. The number of nitrogens with two attached hydrogens (primary N) is 1. The quantitative estimate of drug-likeness (QED) is 0.693. The number of ether oxygens (including phenoxy) is 1. The van der Waals surface area contributed by atoms with E-state index in [1.54, 1.807) is 0 Å². The van der Waals surface area contributed by atoms with Gasteiger partial charge in [-0.2, -0.15) is 0 Å². The van der Waals surface area contributed by atoms with Crippen molar-refractivity contribution in [1.29, 1.82) is 0 Å². The fourth-order valence-electron chi connectivity index (χ4n) is 2.44. The molecule has 7 nitrogen and oxygen atoms in total. The molecule has 0 spiro atoms. The van der Waals surface area contributed by atoms with Gasteiger partial charge in [0.2, 0.25) is 5.91 Å². The van der Waals surface area contributed by atoms with Crippen LogP contribution in [0.1, 0.15) is 33.8 Å². The molecule has 0 saturated carbocycles. The van der Waals surface area contributed by atoms with Gasteiger partial charge in [0.1, 0.15) is 17.1 Å². The van der Waals surface area contributed by atoms with Crippen molar-refractivity contribution in [2.24, 2.45) is 5.73 Å². The predicted molar refractivity (Wildman–Crippen MR) is 87.1 cm³/mol. The predicted octanol–water partition coefficient (Wildman–Crippen LogP) is 1.67. The number of carbonyl (C=O) groups is 2. The van der Waals surface area contributed by atoms with E-state index in [0.29, 0.717) is 0 Å². The van der Waals surface area contributed by atoms with E-state index in [-0.39, 0.29) is 28.1 Å². The molecule has 0 unspecified atom stereocenters. The fourth-order valence-corrected chi connectivity index (χ4v) is 2.63. The first-order valence-electron chi connectivity index (χ1n) is 7.02. The van der Waals surface area contributed by atoms with Crippen LogP contribution in [0, 0.1) is 5.82 Å². The zero-order valence-electron chi connectivity index (χ0n) is 13.0. The second-order valence-corrected chi connectivity index (χ2v) is 5.59. The number of aromatic nitrogens is 1. The summed E-state index contributed by atoms with van der Waals surface area (Å²) in [6.07, 6.45) is 0.620. The van der Waals surface area contributed by atoms with Gasteiger partial charge in [0.25, 0.3) is 5.56 Å². The molecule has 9 heteroatoms. The maximum Gasteiger partial charge on any atom is 0.343 e. The molecule has 2 aromatic rings. The molecule has 1 heterocycles. The number of pyridine rings is 1. The van der Waals surface area contributed by atoms with Gasteiger partial charge in [0.15, 0.2) is 0 Å². The van der Waals surface area contributed by atoms with Crippen molar-refractivity contribution in [1.82, 2.24) is 4.98 Å². The minimum Gasteiger partial charge on any atom is -0.506 e. The zero-order valence-corrected chi connectivity index (χ0v) is 13.8. The number of aromatic amines is 1. The molecule has 0 aliphatic rings. The molecule has 0 aliphatic heterocycles. The lowest BCUT2D eigenvalue weighted by atomic mass is 9.87. The van der Waals surface area contributed by atoms with E-state index in [9.17, 15) is 23.9 Å². The summed E-state index contributed by atoms with van der Waals surface area (Å²) in [5, 5.41) is 10.1. The Bertz CT molecular complexity index is 897. The average Bonchev–Trinajstić information content (AvgIpc) is 2.55. The molecule has 25 heavy (non-hydrogen) atoms. The van der Waals surface area contributed by atoms with E-state index in [2.05, 4.69) is 9.72 Å². The monoisotopic (exact) mass is 368 g/mol. The molecule has 0 saturated heterocycles. The first-order chi connectivity index (χ1) is 11.8. The highest BCUT2D eigenvalue weighted by Gasteiger charge is 2.27. The summed E-state index contributed by atoms with van der Waals surface area (Å²) in [7, 11) is 1.10. The highest BCUT2D eigenvalue weighted by Crippen LogP contribution is 2.34. The van der Waals surface area contributed by atoms with E-state index >= 15 is 0 Å². The molecule has 1 amide bonds. The minimum atomic E-state index is -1.04. The lowest BCUT2D eigenvalue weighted by Crippen LogP contribution is -2.23. The Hall–Kier alpha value is -2.87. The number of carbonyl (C=O) groups excluding carboxylic acids is 2. The van der Waals surface area contributed by atoms with E-state index in [1.807, 2.05) is 0 Å². The first kappa shape index (κ1) is 18.5. The van der Waals surface area contributed by atoms with Crippen LogP contribution in [0.2, 0.25) is 5.02 Å². The molecule has 4 N–H and O–H groups in total. The lowest BCUT2D eigenvalue weighted by molar-refractivity contribution is -0.118. The van der Waals surface area contributed by atoms with Gasteiger partial charge in [-0.15, -0.1) is 0 Å². The number of primary amides is 1. The highest BCUT2D eigenvalue weighted by molar-refractivity contribution is 6.30. The molecule has 1 aromatic heterocycles. The number of esters is 1. The first-order valence-corrected chi connectivity index (χ1v) is 7.40. The largest absolute Gasteiger partial charge is 0.506 e. The van der Waals surface area contributed by atoms with Gasteiger partial charge in [-0.05, 0) is 17.7 Å². The molecule has 1 atom stereocenters. The number of nitrogens with one attached hydrogen (secondary N) is 1. The minimum absolute atomic E-state index is 0.230. The van der Waals surface area contributed by atoms with Gasteiger partial charge in [0, 0.05) is 18.5 Å². The Morgan fingerprint density at radius 3 is 2.68 bits per heavy atom. The van der Waals surface area contributed by atoms with Gasteiger partial charge in [-0.3, -0.25) is 9.59 Å². The van der Waals surface area contributed by atoms with E-state index in [0.717, 1.165) is 19.4 Å². The smallest absolute Gasteiger partial charge is 0.343 e. The summed E-state index contributed by atoms with van der Waals surface area (Å²) in [4.78, 5) is 37.7. The Morgan fingerprint density at radius 1 is 1.44 bits per heavy atom. The van der Waals surface area contributed by atoms with Crippen molar-refractivity contribution >= 4 is 23.5 Å². The molecule has 0 aliphatic carbocycles. The Balaban J connectivity index is 2.70. The van der Waals surface area contributed by atoms with Crippen molar-refractivity contribution in [3.05, 3.63) is 62.3 Å². The number of hydrogen-bond acceptors (Lipinski definition) is 5. The van der Waals surface area contributed by atoms with Crippen molar-refractivity contribution in [3.63, 3.8) is 0 Å². The second kappa shape index (κ2) is 7.35. The zero-order chi connectivity index (χ0) is 18.7. The summed E-state index contributed by atoms with van der Waals surface area (Å²) in [5.41, 5.74) is 4.20. The summed E-state index contributed by atoms with van der Waals surface area (Å²) < 4.78 is 17.9. The van der Waals surface area contributed by atoms with Crippen LogP contribution in [0.5, 0.6) is 5.75 Å². The molecular weight excluding hydrogens is 355 g/mol. The molecule has 2 rings (SSSR count). The third kappa shape index (κ3) is 3.80. The van der Waals surface area contributed by atoms with E-state index in [1.165, 1.54) is 12.1 Å². The van der Waals surface area contributed by atoms with Crippen molar-refractivity contribution in [2.75, 3.05) is 7.11 Å². The van der Waals surface area contributed by atoms with Crippen LogP contribution in [0.15, 0.2) is 29.2 Å². The standard InChI is InChI=1S/C16H14ClFN2O5/c1-25-16(24)9-6-20-15(23)13(14(9)22)8(5-12(19)21)7-2-3-11(18)10(17)4-7/h2-4,6,8H,5H2,1H3,(H2,19,21)(H2,20,22,23)/t8-/m1/s1. The molecule has 0 bridgehead atoms. The lowest BCUT2D eigenvalue weighted by Gasteiger charge is -2.18. The number of rotatable bonds is 5. The van der Waals surface area contributed by atoms with Crippen LogP contribution in [0.25, 0.3) is 0 Å². The SMILES string of the molecule is COC(=O)c1c[nH]c(=O)c([C@H](CC(N)=O)c2ccc(F)c(Cl)c2)c1O. The highest BCUT2D eigenvalue weighted by atomic mass is 35.5. The van der Waals surface area contributed by atoms with Gasteiger partial charge >= 0.3 is 5.97 Å². The topological polar surface area (TPSA) is 122 Å². The fraction of sp³-hybridized carbons (Fsp3) is 0.188. The summed E-state index contributed by atoms with van der Waals surface area (Å²) in [6.45, 7) is 0. The van der Waals surface area contributed by atoms with Crippen LogP contribution in [-0.4, -0.2) is 29.1 Å². The van der Waals surface area contributed by atoms with Crippen LogP contribution in [-0.2, 0) is 9.53 Å².